The second-order valence-corrected chi connectivity index (χ2v) is 6.44. The molecule has 31 heavy (non-hydrogen) atoms. The average molecular weight is 422 g/mol. The summed E-state index contributed by atoms with van der Waals surface area (Å²) < 4.78 is 6.16. The Morgan fingerprint density at radius 1 is 1.06 bits per heavy atom. The van der Waals surface area contributed by atoms with E-state index in [9.17, 15) is 14.4 Å². The minimum absolute atomic E-state index is 0.101. The largest absolute Gasteiger partial charge is 0.469 e. The van der Waals surface area contributed by atoms with Crippen molar-refractivity contribution in [3.8, 4) is 5.82 Å². The number of rotatable bonds is 8. The van der Waals surface area contributed by atoms with Crippen LogP contribution in [-0.4, -0.2) is 46.3 Å². The number of nitrogens with zero attached hydrogens (tertiary/aromatic N) is 3. The van der Waals surface area contributed by atoms with E-state index >= 15 is 0 Å². The third-order valence-electron chi connectivity index (χ3n) is 4.25. The van der Waals surface area contributed by atoms with Crippen molar-refractivity contribution >= 4 is 23.6 Å². The second-order valence-electron chi connectivity index (χ2n) is 6.44. The van der Waals surface area contributed by atoms with Gasteiger partial charge in [0.25, 0.3) is 5.91 Å². The summed E-state index contributed by atoms with van der Waals surface area (Å²) in [7, 11) is 1.29. The molecule has 0 spiro atoms. The minimum atomic E-state index is -0.393. The van der Waals surface area contributed by atoms with Gasteiger partial charge in [-0.05, 0) is 42.0 Å². The number of benzene rings is 1. The summed E-state index contributed by atoms with van der Waals surface area (Å²) >= 11 is 0. The molecule has 160 valence electrons. The SMILES string of the molecule is COC(=O)CCNC(=O)c1ccc(NC(=O)NCc2ccc(-n3cccn3)nc2)cc1. The average Bonchev–Trinajstić information content (AvgIpc) is 3.33. The first kappa shape index (κ1) is 21.5. The molecule has 3 N–H and O–H groups in total. The maximum Gasteiger partial charge on any atom is 0.319 e. The van der Waals surface area contributed by atoms with Crippen molar-refractivity contribution in [3.63, 3.8) is 0 Å². The van der Waals surface area contributed by atoms with Crippen molar-refractivity contribution in [1.82, 2.24) is 25.4 Å². The molecule has 0 bridgehead atoms. The molecule has 2 aromatic heterocycles. The maximum atomic E-state index is 12.1. The number of carbonyl (C=O) groups is 3. The number of esters is 1. The van der Waals surface area contributed by atoms with Gasteiger partial charge in [-0.25, -0.2) is 14.5 Å². The lowest BCUT2D eigenvalue weighted by molar-refractivity contribution is -0.140. The summed E-state index contributed by atoms with van der Waals surface area (Å²) in [5.41, 5.74) is 1.79. The summed E-state index contributed by atoms with van der Waals surface area (Å²) in [6.07, 6.45) is 5.24. The normalized spacial score (nSPS) is 10.2. The van der Waals surface area contributed by atoms with E-state index in [0.29, 0.717) is 23.6 Å². The molecular formula is C21H22N6O4. The van der Waals surface area contributed by atoms with Crippen molar-refractivity contribution in [2.45, 2.75) is 13.0 Å². The Kier molecular flexibility index (Phi) is 7.30. The standard InChI is InChI=1S/C21H22N6O4/c1-31-19(28)9-11-22-20(29)16-4-6-17(7-5-16)26-21(30)24-14-15-3-8-18(23-13-15)27-12-2-10-25-27/h2-8,10,12-13H,9,11,14H2,1H3,(H,22,29)(H2,24,26,30). The first-order valence-electron chi connectivity index (χ1n) is 9.50. The topological polar surface area (TPSA) is 127 Å². The van der Waals surface area contributed by atoms with Crippen LogP contribution in [0.4, 0.5) is 10.5 Å². The fraction of sp³-hybridized carbons (Fsp3) is 0.190. The van der Waals surface area contributed by atoms with E-state index in [0.717, 1.165) is 5.56 Å². The maximum absolute atomic E-state index is 12.1. The van der Waals surface area contributed by atoms with E-state index in [1.165, 1.54) is 7.11 Å². The van der Waals surface area contributed by atoms with Gasteiger partial charge in [-0.1, -0.05) is 6.07 Å². The van der Waals surface area contributed by atoms with Crippen LogP contribution in [0.2, 0.25) is 0 Å². The molecule has 3 aromatic rings. The molecule has 0 radical (unpaired) electrons. The molecule has 10 heteroatoms. The number of urea groups is 1. The molecule has 3 rings (SSSR count). The van der Waals surface area contributed by atoms with Crippen LogP contribution in [0.25, 0.3) is 5.82 Å². The first-order valence-corrected chi connectivity index (χ1v) is 9.50. The smallest absolute Gasteiger partial charge is 0.319 e. The third kappa shape index (κ3) is 6.39. The Morgan fingerprint density at radius 3 is 2.52 bits per heavy atom. The molecule has 0 unspecified atom stereocenters. The van der Waals surface area contributed by atoms with Gasteiger partial charge in [-0.3, -0.25) is 9.59 Å². The predicted octanol–water partition coefficient (Wildman–Crippen LogP) is 1.88. The highest BCUT2D eigenvalue weighted by atomic mass is 16.5. The van der Waals surface area contributed by atoms with Crippen molar-refractivity contribution in [3.05, 3.63) is 72.2 Å². The number of methoxy groups -OCH3 is 1. The molecule has 0 aliphatic carbocycles. The zero-order valence-corrected chi connectivity index (χ0v) is 16.9. The number of hydrogen-bond acceptors (Lipinski definition) is 6. The van der Waals surface area contributed by atoms with E-state index in [-0.39, 0.29) is 24.9 Å². The zero-order chi connectivity index (χ0) is 22.1. The Morgan fingerprint density at radius 2 is 1.87 bits per heavy atom. The number of anilines is 1. The van der Waals surface area contributed by atoms with Gasteiger partial charge in [0.2, 0.25) is 0 Å². The predicted molar refractivity (Wildman–Crippen MR) is 113 cm³/mol. The molecule has 0 atom stereocenters. The van der Waals surface area contributed by atoms with Crippen molar-refractivity contribution < 1.29 is 19.1 Å². The summed E-state index contributed by atoms with van der Waals surface area (Å²) in [5.74, 6) is -0.0194. The lowest BCUT2D eigenvalue weighted by atomic mass is 10.2. The first-order chi connectivity index (χ1) is 15.0. The summed E-state index contributed by atoms with van der Waals surface area (Å²) in [4.78, 5) is 39.5. The Balaban J connectivity index is 1.44. The molecule has 0 saturated carbocycles. The van der Waals surface area contributed by atoms with Crippen LogP contribution in [0.15, 0.2) is 61.1 Å². The van der Waals surface area contributed by atoms with E-state index < -0.39 is 5.97 Å². The molecular weight excluding hydrogens is 400 g/mol. The van der Waals surface area contributed by atoms with Crippen LogP contribution >= 0.6 is 0 Å². The van der Waals surface area contributed by atoms with Crippen LogP contribution in [0.1, 0.15) is 22.3 Å². The van der Waals surface area contributed by atoms with Gasteiger partial charge < -0.3 is 20.7 Å². The Labute approximate surface area is 178 Å². The molecule has 0 saturated heterocycles. The molecule has 0 aliphatic rings. The molecule has 0 fully saturated rings. The lowest BCUT2D eigenvalue weighted by Gasteiger charge is -2.09. The number of aromatic nitrogens is 3. The van der Waals surface area contributed by atoms with Gasteiger partial charge in [0.05, 0.1) is 13.5 Å². The van der Waals surface area contributed by atoms with Gasteiger partial charge >= 0.3 is 12.0 Å². The molecule has 2 heterocycles. The van der Waals surface area contributed by atoms with Crippen LogP contribution in [0.5, 0.6) is 0 Å². The summed E-state index contributed by atoms with van der Waals surface area (Å²) in [5, 5.41) is 12.2. The highest BCUT2D eigenvalue weighted by Gasteiger charge is 2.08. The van der Waals surface area contributed by atoms with Crippen molar-refractivity contribution in [2.75, 3.05) is 19.0 Å². The van der Waals surface area contributed by atoms with Gasteiger partial charge in [0, 0.05) is 42.9 Å². The van der Waals surface area contributed by atoms with Crippen molar-refractivity contribution in [1.29, 1.82) is 0 Å². The molecule has 0 aliphatic heterocycles. The van der Waals surface area contributed by atoms with Gasteiger partial charge in [0.1, 0.15) is 0 Å². The fourth-order valence-corrected chi connectivity index (χ4v) is 2.61. The van der Waals surface area contributed by atoms with E-state index in [1.807, 2.05) is 18.2 Å². The highest BCUT2D eigenvalue weighted by molar-refractivity contribution is 5.95. The fourth-order valence-electron chi connectivity index (χ4n) is 2.61. The number of nitrogens with one attached hydrogen (secondary N) is 3. The molecule has 3 amide bonds. The molecule has 10 nitrogen and oxygen atoms in total. The van der Waals surface area contributed by atoms with Crippen LogP contribution in [0.3, 0.4) is 0 Å². The zero-order valence-electron chi connectivity index (χ0n) is 16.9. The molecule has 1 aromatic carbocycles. The third-order valence-corrected chi connectivity index (χ3v) is 4.25. The van der Waals surface area contributed by atoms with E-state index in [2.05, 4.69) is 30.8 Å². The van der Waals surface area contributed by atoms with Crippen molar-refractivity contribution in [2.24, 2.45) is 0 Å². The van der Waals surface area contributed by atoms with Gasteiger partial charge in [-0.2, -0.15) is 5.10 Å². The minimum Gasteiger partial charge on any atom is -0.469 e. The van der Waals surface area contributed by atoms with Crippen LogP contribution < -0.4 is 16.0 Å². The number of carbonyl (C=O) groups excluding carboxylic acids is 3. The number of hydrogen-bond donors (Lipinski definition) is 3. The van der Waals surface area contributed by atoms with Gasteiger partial charge in [0.15, 0.2) is 5.82 Å². The number of amides is 3. The second kappa shape index (κ2) is 10.5. The monoisotopic (exact) mass is 422 g/mol. The van der Waals surface area contributed by atoms with Crippen LogP contribution in [0, 0.1) is 0 Å². The number of pyridine rings is 1. The summed E-state index contributed by atoms with van der Waals surface area (Å²) in [6.45, 7) is 0.491. The summed E-state index contributed by atoms with van der Waals surface area (Å²) in [6, 6.07) is 11.5. The Bertz CT molecular complexity index is 1020. The van der Waals surface area contributed by atoms with E-state index in [1.54, 1.807) is 47.5 Å². The van der Waals surface area contributed by atoms with Gasteiger partial charge in [-0.15, -0.1) is 0 Å². The lowest BCUT2D eigenvalue weighted by Crippen LogP contribution is -2.28. The highest BCUT2D eigenvalue weighted by Crippen LogP contribution is 2.10. The van der Waals surface area contributed by atoms with Crippen LogP contribution in [-0.2, 0) is 16.1 Å². The van der Waals surface area contributed by atoms with E-state index in [4.69, 9.17) is 0 Å². The Hall–Kier alpha value is -4.21. The number of ether oxygens (including phenoxy) is 1. The quantitative estimate of drug-likeness (QED) is 0.476.